The van der Waals surface area contributed by atoms with Gasteiger partial charge in [0.2, 0.25) is 0 Å². The molecule has 5 heteroatoms. The Hall–Kier alpha value is -1.94. The average Bonchev–Trinajstić information content (AvgIpc) is 2.41. The Bertz CT molecular complexity index is 573. The minimum absolute atomic E-state index is 0.150. The highest BCUT2D eigenvalue weighted by molar-refractivity contribution is 6.32. The van der Waals surface area contributed by atoms with Gasteiger partial charge in [0, 0.05) is 11.8 Å². The molecule has 2 aromatic rings. The maximum absolute atomic E-state index is 10.6. The quantitative estimate of drug-likeness (QED) is 0.795. The molecule has 0 spiro atoms. The van der Waals surface area contributed by atoms with Gasteiger partial charge in [0.1, 0.15) is 5.75 Å². The molecule has 1 heterocycles. The number of carbonyl (C=O) groups is 1. The van der Waals surface area contributed by atoms with Crippen molar-refractivity contribution in [3.8, 4) is 17.0 Å². The first-order chi connectivity index (χ1) is 8.74. The van der Waals surface area contributed by atoms with Gasteiger partial charge in [-0.25, -0.2) is 9.97 Å². The van der Waals surface area contributed by atoms with Crippen molar-refractivity contribution in [1.82, 2.24) is 9.97 Å². The zero-order valence-corrected chi connectivity index (χ0v) is 10.5. The van der Waals surface area contributed by atoms with E-state index in [0.29, 0.717) is 29.4 Å². The molecule has 92 valence electrons. The van der Waals surface area contributed by atoms with Crippen molar-refractivity contribution in [2.24, 2.45) is 0 Å². The van der Waals surface area contributed by atoms with Crippen LogP contribution in [-0.2, 0) is 0 Å². The third-order valence-corrected chi connectivity index (χ3v) is 2.60. The molecule has 0 saturated carbocycles. The van der Waals surface area contributed by atoms with E-state index in [0.717, 1.165) is 5.56 Å². The molecule has 0 amide bonds. The van der Waals surface area contributed by atoms with E-state index >= 15 is 0 Å². The number of halogens is 1. The number of aromatic nitrogens is 2. The highest BCUT2D eigenvalue weighted by Crippen LogP contribution is 2.29. The van der Waals surface area contributed by atoms with Gasteiger partial charge in [-0.2, -0.15) is 0 Å². The molecule has 0 aliphatic rings. The van der Waals surface area contributed by atoms with Crippen LogP contribution in [0, 0.1) is 0 Å². The zero-order chi connectivity index (χ0) is 13.0. The molecular weight excluding hydrogens is 252 g/mol. The van der Waals surface area contributed by atoms with Crippen molar-refractivity contribution in [3.05, 3.63) is 41.3 Å². The first kappa shape index (κ1) is 12.5. The number of ether oxygens (including phenoxy) is 1. The maximum Gasteiger partial charge on any atom is 0.193 e. The van der Waals surface area contributed by atoms with Crippen LogP contribution in [-0.4, -0.2) is 22.9 Å². The fraction of sp³-hybridized carbons (Fsp3) is 0.154. The molecule has 0 N–H and O–H groups in total. The van der Waals surface area contributed by atoms with Crippen molar-refractivity contribution < 1.29 is 9.53 Å². The minimum atomic E-state index is 0.150. The predicted molar refractivity (Wildman–Crippen MR) is 69.0 cm³/mol. The zero-order valence-electron chi connectivity index (χ0n) is 9.76. The maximum atomic E-state index is 10.6. The number of carbonyl (C=O) groups excluding carboxylic acids is 1. The number of benzene rings is 1. The molecule has 0 atom stereocenters. The Kier molecular flexibility index (Phi) is 3.89. The Labute approximate surface area is 110 Å². The molecule has 0 aliphatic heterocycles. The van der Waals surface area contributed by atoms with E-state index < -0.39 is 0 Å². The van der Waals surface area contributed by atoms with E-state index in [-0.39, 0.29) is 5.82 Å². The van der Waals surface area contributed by atoms with Gasteiger partial charge in [0.15, 0.2) is 12.1 Å². The van der Waals surface area contributed by atoms with Gasteiger partial charge >= 0.3 is 0 Å². The fourth-order valence-corrected chi connectivity index (χ4v) is 1.76. The van der Waals surface area contributed by atoms with E-state index in [9.17, 15) is 4.79 Å². The largest absolute Gasteiger partial charge is 0.492 e. The summed E-state index contributed by atoms with van der Waals surface area (Å²) in [6, 6.07) is 7.10. The number of rotatable bonds is 4. The molecule has 1 aromatic carbocycles. The monoisotopic (exact) mass is 262 g/mol. The van der Waals surface area contributed by atoms with Crippen LogP contribution in [0.5, 0.6) is 5.75 Å². The van der Waals surface area contributed by atoms with Gasteiger partial charge in [-0.3, -0.25) is 4.79 Å². The number of aldehydes is 1. The Morgan fingerprint density at radius 1 is 1.39 bits per heavy atom. The summed E-state index contributed by atoms with van der Waals surface area (Å²) in [5.74, 6) is 0.782. The summed E-state index contributed by atoms with van der Waals surface area (Å²) in [5, 5.41) is 0.514. The number of nitrogens with zero attached hydrogens (tertiary/aromatic N) is 2. The topological polar surface area (TPSA) is 52.1 Å². The van der Waals surface area contributed by atoms with E-state index in [4.69, 9.17) is 16.3 Å². The molecule has 0 radical (unpaired) electrons. The third kappa shape index (κ3) is 2.65. The van der Waals surface area contributed by atoms with Gasteiger partial charge in [0.25, 0.3) is 0 Å². The highest BCUT2D eigenvalue weighted by atomic mass is 35.5. The summed E-state index contributed by atoms with van der Waals surface area (Å²) in [6.45, 7) is 2.45. The van der Waals surface area contributed by atoms with Gasteiger partial charge in [-0.1, -0.05) is 11.6 Å². The van der Waals surface area contributed by atoms with E-state index in [1.807, 2.05) is 13.0 Å². The molecule has 1 aromatic heterocycles. The van der Waals surface area contributed by atoms with Crippen LogP contribution < -0.4 is 4.74 Å². The number of hydrogen-bond donors (Lipinski definition) is 0. The minimum Gasteiger partial charge on any atom is -0.492 e. The molecule has 0 unspecified atom stereocenters. The van der Waals surface area contributed by atoms with Gasteiger partial charge in [-0.05, 0) is 31.2 Å². The van der Waals surface area contributed by atoms with E-state index in [1.165, 1.54) is 6.20 Å². The fourth-order valence-electron chi connectivity index (χ4n) is 1.52. The summed E-state index contributed by atoms with van der Waals surface area (Å²) in [5.41, 5.74) is 1.46. The van der Waals surface area contributed by atoms with Crippen LogP contribution in [0.15, 0.2) is 30.5 Å². The van der Waals surface area contributed by atoms with Crippen molar-refractivity contribution >= 4 is 17.9 Å². The molecule has 4 nitrogen and oxygen atoms in total. The second kappa shape index (κ2) is 5.60. The van der Waals surface area contributed by atoms with Crippen LogP contribution in [0.25, 0.3) is 11.3 Å². The smallest absolute Gasteiger partial charge is 0.193 e. The standard InChI is InChI=1S/C13H11ClN2O2/c1-2-18-12-4-3-9(7-10(12)14)11-5-6-15-13(8-17)16-11/h3-8H,2H2,1H3. The lowest BCUT2D eigenvalue weighted by Gasteiger charge is -2.07. The Morgan fingerprint density at radius 2 is 2.22 bits per heavy atom. The Balaban J connectivity index is 2.38. The lowest BCUT2D eigenvalue weighted by molar-refractivity contribution is 0.111. The van der Waals surface area contributed by atoms with Crippen molar-refractivity contribution in [1.29, 1.82) is 0 Å². The highest BCUT2D eigenvalue weighted by Gasteiger charge is 2.06. The second-order valence-electron chi connectivity index (χ2n) is 3.50. The summed E-state index contributed by atoms with van der Waals surface area (Å²) in [4.78, 5) is 18.5. The lowest BCUT2D eigenvalue weighted by Crippen LogP contribution is -1.95. The van der Waals surface area contributed by atoms with Crippen LogP contribution >= 0.6 is 11.6 Å². The first-order valence-corrected chi connectivity index (χ1v) is 5.83. The molecule has 2 rings (SSSR count). The molecule has 0 bridgehead atoms. The average molecular weight is 263 g/mol. The Morgan fingerprint density at radius 3 is 2.89 bits per heavy atom. The number of hydrogen-bond acceptors (Lipinski definition) is 4. The molecule has 0 aliphatic carbocycles. The van der Waals surface area contributed by atoms with Gasteiger partial charge in [0.05, 0.1) is 17.3 Å². The second-order valence-corrected chi connectivity index (χ2v) is 3.90. The van der Waals surface area contributed by atoms with Crippen LogP contribution in [0.3, 0.4) is 0 Å². The van der Waals surface area contributed by atoms with Crippen molar-refractivity contribution in [2.45, 2.75) is 6.92 Å². The molecular formula is C13H11ClN2O2. The molecule has 0 saturated heterocycles. The predicted octanol–water partition coefficient (Wildman–Crippen LogP) is 3.01. The molecule has 0 fully saturated rings. The van der Waals surface area contributed by atoms with E-state index in [1.54, 1.807) is 18.2 Å². The van der Waals surface area contributed by atoms with Crippen LogP contribution in [0.1, 0.15) is 17.5 Å². The van der Waals surface area contributed by atoms with E-state index in [2.05, 4.69) is 9.97 Å². The van der Waals surface area contributed by atoms with Gasteiger partial charge < -0.3 is 4.74 Å². The van der Waals surface area contributed by atoms with Crippen LogP contribution in [0.4, 0.5) is 0 Å². The molecule has 18 heavy (non-hydrogen) atoms. The van der Waals surface area contributed by atoms with Gasteiger partial charge in [-0.15, -0.1) is 0 Å². The summed E-state index contributed by atoms with van der Waals surface area (Å²) in [7, 11) is 0. The SMILES string of the molecule is CCOc1ccc(-c2ccnc(C=O)n2)cc1Cl. The van der Waals surface area contributed by atoms with Crippen molar-refractivity contribution in [3.63, 3.8) is 0 Å². The lowest BCUT2D eigenvalue weighted by atomic mass is 10.1. The van der Waals surface area contributed by atoms with Crippen molar-refractivity contribution in [2.75, 3.05) is 6.61 Å². The normalized spacial score (nSPS) is 10.1. The first-order valence-electron chi connectivity index (χ1n) is 5.45. The summed E-state index contributed by atoms with van der Waals surface area (Å²) >= 11 is 6.09. The third-order valence-electron chi connectivity index (χ3n) is 2.31. The summed E-state index contributed by atoms with van der Waals surface area (Å²) < 4.78 is 5.35. The van der Waals surface area contributed by atoms with Crippen LogP contribution in [0.2, 0.25) is 5.02 Å². The summed E-state index contributed by atoms with van der Waals surface area (Å²) in [6.07, 6.45) is 2.15.